The van der Waals surface area contributed by atoms with E-state index in [9.17, 15) is 9.59 Å². The zero-order valence-corrected chi connectivity index (χ0v) is 16.5. The van der Waals surface area contributed by atoms with Gasteiger partial charge in [0.1, 0.15) is 13.2 Å². The van der Waals surface area contributed by atoms with Crippen molar-refractivity contribution in [2.45, 2.75) is 53.0 Å². The van der Waals surface area contributed by atoms with Gasteiger partial charge in [-0.2, -0.15) is 0 Å². The van der Waals surface area contributed by atoms with E-state index in [1.165, 1.54) is 4.90 Å². The number of amides is 1. The summed E-state index contributed by atoms with van der Waals surface area (Å²) in [5.41, 5.74) is 2.68. The van der Waals surface area contributed by atoms with Gasteiger partial charge in [0.25, 0.3) is 5.91 Å². The lowest BCUT2D eigenvalue weighted by Gasteiger charge is -2.27. The van der Waals surface area contributed by atoms with Gasteiger partial charge in [-0.15, -0.1) is 0 Å². The first-order valence-electron chi connectivity index (χ1n) is 8.64. The van der Waals surface area contributed by atoms with Crippen molar-refractivity contribution in [2.24, 2.45) is 0 Å². The molecule has 0 aliphatic heterocycles. The number of esters is 1. The molecule has 5 nitrogen and oxygen atoms in total. The first-order chi connectivity index (χ1) is 11.6. The van der Waals surface area contributed by atoms with Crippen molar-refractivity contribution in [1.82, 2.24) is 4.90 Å². The van der Waals surface area contributed by atoms with E-state index < -0.39 is 5.97 Å². The van der Waals surface area contributed by atoms with Crippen LogP contribution in [0.15, 0.2) is 18.2 Å². The summed E-state index contributed by atoms with van der Waals surface area (Å²) in [7, 11) is 1.54. The highest BCUT2D eigenvalue weighted by molar-refractivity contribution is 5.96. The van der Waals surface area contributed by atoms with Crippen LogP contribution >= 0.6 is 0 Å². The number of aryl methyl sites for hydroxylation is 1. The summed E-state index contributed by atoms with van der Waals surface area (Å²) in [6.45, 7) is 12.6. The molecular formula is C20H31NO4. The Morgan fingerprint density at radius 1 is 1.12 bits per heavy atom. The van der Waals surface area contributed by atoms with Crippen LogP contribution in [0.5, 0.6) is 0 Å². The van der Waals surface area contributed by atoms with Crippen molar-refractivity contribution in [3.8, 4) is 0 Å². The molecule has 0 saturated carbocycles. The third kappa shape index (κ3) is 6.50. The molecule has 0 aliphatic carbocycles. The Kier molecular flexibility index (Phi) is 7.61. The van der Waals surface area contributed by atoms with Gasteiger partial charge in [0, 0.05) is 18.7 Å². The second-order valence-corrected chi connectivity index (χ2v) is 7.58. The molecule has 0 bridgehead atoms. The van der Waals surface area contributed by atoms with Gasteiger partial charge in [0.15, 0.2) is 0 Å². The van der Waals surface area contributed by atoms with Crippen LogP contribution in [0.4, 0.5) is 0 Å². The summed E-state index contributed by atoms with van der Waals surface area (Å²) < 4.78 is 9.95. The van der Waals surface area contributed by atoms with Gasteiger partial charge in [-0.05, 0) is 43.9 Å². The maximum Gasteiger partial charge on any atom is 0.325 e. The Balaban J connectivity index is 3.00. The number of hydrogen-bond donors (Lipinski definition) is 0. The maximum absolute atomic E-state index is 13.0. The Labute approximate surface area is 151 Å². The molecule has 0 saturated heterocycles. The van der Waals surface area contributed by atoms with Crippen molar-refractivity contribution in [3.63, 3.8) is 0 Å². The highest BCUT2D eigenvalue weighted by Gasteiger charge is 2.24. The molecule has 0 atom stereocenters. The molecular weight excluding hydrogens is 318 g/mol. The van der Waals surface area contributed by atoms with E-state index in [-0.39, 0.29) is 30.5 Å². The van der Waals surface area contributed by atoms with E-state index in [4.69, 9.17) is 9.47 Å². The van der Waals surface area contributed by atoms with Crippen molar-refractivity contribution >= 4 is 11.9 Å². The number of nitrogens with zero attached hydrogens (tertiary/aromatic N) is 1. The number of carbonyl (C=O) groups is 2. The van der Waals surface area contributed by atoms with Gasteiger partial charge in [0.2, 0.25) is 0 Å². The summed E-state index contributed by atoms with van der Waals surface area (Å²) in [6, 6.07) is 5.76. The highest BCUT2D eigenvalue weighted by atomic mass is 16.6. The van der Waals surface area contributed by atoms with Crippen molar-refractivity contribution < 1.29 is 19.1 Å². The van der Waals surface area contributed by atoms with Crippen LogP contribution in [-0.4, -0.2) is 49.7 Å². The van der Waals surface area contributed by atoms with Crippen LogP contribution in [0.3, 0.4) is 0 Å². The zero-order valence-electron chi connectivity index (χ0n) is 16.5. The largest absolute Gasteiger partial charge is 0.462 e. The Morgan fingerprint density at radius 2 is 1.76 bits per heavy atom. The van der Waals surface area contributed by atoms with E-state index >= 15 is 0 Å². The smallest absolute Gasteiger partial charge is 0.325 e. The predicted molar refractivity (Wildman–Crippen MR) is 98.9 cm³/mol. The minimum absolute atomic E-state index is 0.0528. The van der Waals surface area contributed by atoms with Crippen LogP contribution in [0, 0.1) is 6.92 Å². The van der Waals surface area contributed by atoms with Gasteiger partial charge in [-0.25, -0.2) is 0 Å². The van der Waals surface area contributed by atoms with Gasteiger partial charge >= 0.3 is 5.97 Å². The molecule has 0 heterocycles. The van der Waals surface area contributed by atoms with Crippen LogP contribution < -0.4 is 0 Å². The molecule has 0 unspecified atom stereocenters. The third-order valence-electron chi connectivity index (χ3n) is 3.92. The van der Waals surface area contributed by atoms with Crippen LogP contribution in [0.25, 0.3) is 0 Å². The fourth-order valence-electron chi connectivity index (χ4n) is 2.42. The standard InChI is InChI=1S/C20H31NO4/c1-14(2)21(13-18(22)25-9-8-24-7)19(23)16-10-15(3)11-17(12-16)20(4,5)6/h10-12,14H,8-9,13H2,1-7H3. The number of methoxy groups -OCH3 is 1. The molecule has 140 valence electrons. The second-order valence-electron chi connectivity index (χ2n) is 7.58. The molecule has 1 aromatic rings. The third-order valence-corrected chi connectivity index (χ3v) is 3.92. The van der Waals surface area contributed by atoms with Crippen LogP contribution in [0.2, 0.25) is 0 Å². The summed E-state index contributed by atoms with van der Waals surface area (Å²) in [4.78, 5) is 26.5. The van der Waals surface area contributed by atoms with Crippen LogP contribution in [0.1, 0.15) is 56.1 Å². The minimum Gasteiger partial charge on any atom is -0.462 e. The lowest BCUT2D eigenvalue weighted by molar-refractivity contribution is -0.146. The molecule has 0 spiro atoms. The van der Waals surface area contributed by atoms with Crippen molar-refractivity contribution in [3.05, 3.63) is 34.9 Å². The topological polar surface area (TPSA) is 55.8 Å². The molecule has 0 fully saturated rings. The maximum atomic E-state index is 13.0. The molecule has 25 heavy (non-hydrogen) atoms. The monoisotopic (exact) mass is 349 g/mol. The van der Waals surface area contributed by atoms with Gasteiger partial charge in [-0.1, -0.05) is 32.4 Å². The lowest BCUT2D eigenvalue weighted by atomic mass is 9.85. The Morgan fingerprint density at radius 3 is 2.28 bits per heavy atom. The fraction of sp³-hybridized carbons (Fsp3) is 0.600. The fourth-order valence-corrected chi connectivity index (χ4v) is 2.42. The summed E-state index contributed by atoms with van der Waals surface area (Å²) in [6.07, 6.45) is 0. The average molecular weight is 349 g/mol. The molecule has 0 radical (unpaired) electrons. The first-order valence-corrected chi connectivity index (χ1v) is 8.64. The Bertz CT molecular complexity index is 602. The summed E-state index contributed by atoms with van der Waals surface area (Å²) in [5.74, 6) is -0.587. The normalized spacial score (nSPS) is 11.5. The second kappa shape index (κ2) is 8.99. The molecule has 0 N–H and O–H groups in total. The molecule has 1 aromatic carbocycles. The highest BCUT2D eigenvalue weighted by Crippen LogP contribution is 2.25. The number of rotatable bonds is 7. The van der Waals surface area contributed by atoms with Gasteiger partial charge in [0.05, 0.1) is 6.61 Å². The van der Waals surface area contributed by atoms with Crippen molar-refractivity contribution in [2.75, 3.05) is 26.9 Å². The molecule has 0 aliphatic rings. The molecule has 5 heteroatoms. The first kappa shape index (κ1) is 21.2. The van der Waals surface area contributed by atoms with Crippen LogP contribution in [-0.2, 0) is 19.7 Å². The predicted octanol–water partition coefficient (Wildman–Crippen LogP) is 3.33. The van der Waals surface area contributed by atoms with Gasteiger partial charge in [-0.3, -0.25) is 9.59 Å². The minimum atomic E-state index is -0.428. The number of carbonyl (C=O) groups excluding carboxylic acids is 2. The van der Waals surface area contributed by atoms with E-state index in [2.05, 4.69) is 26.8 Å². The quantitative estimate of drug-likeness (QED) is 0.560. The average Bonchev–Trinajstić information content (AvgIpc) is 2.50. The van der Waals surface area contributed by atoms with E-state index in [0.29, 0.717) is 12.2 Å². The van der Waals surface area contributed by atoms with E-state index in [0.717, 1.165) is 11.1 Å². The van der Waals surface area contributed by atoms with Gasteiger partial charge < -0.3 is 14.4 Å². The molecule has 1 amide bonds. The number of ether oxygens (including phenoxy) is 2. The number of benzene rings is 1. The molecule has 1 rings (SSSR count). The summed E-state index contributed by atoms with van der Waals surface area (Å²) >= 11 is 0. The number of hydrogen-bond acceptors (Lipinski definition) is 4. The molecule has 0 aromatic heterocycles. The van der Waals surface area contributed by atoms with E-state index in [1.807, 2.05) is 32.9 Å². The van der Waals surface area contributed by atoms with E-state index in [1.54, 1.807) is 7.11 Å². The summed E-state index contributed by atoms with van der Waals surface area (Å²) in [5, 5.41) is 0. The zero-order chi connectivity index (χ0) is 19.2. The van der Waals surface area contributed by atoms with Crippen molar-refractivity contribution in [1.29, 1.82) is 0 Å². The Hall–Kier alpha value is -1.88. The SMILES string of the molecule is COCCOC(=O)CN(C(=O)c1cc(C)cc(C(C)(C)C)c1)C(C)C. The lowest BCUT2D eigenvalue weighted by Crippen LogP contribution is -2.41.